The molecule has 13 heavy (non-hydrogen) atoms. The van der Waals surface area contributed by atoms with Crippen molar-refractivity contribution in [3.63, 3.8) is 0 Å². The molecule has 4 heteroatoms. The summed E-state index contributed by atoms with van der Waals surface area (Å²) < 4.78 is 7.17. The molecule has 0 aromatic carbocycles. The van der Waals surface area contributed by atoms with Crippen molar-refractivity contribution in [1.29, 1.82) is 0 Å². The largest absolute Gasteiger partial charge is 0.390 e. The fourth-order valence-electron chi connectivity index (χ4n) is 1.10. The Kier molecular flexibility index (Phi) is 3.06. The number of aliphatic hydroxyl groups is 1. The molecular weight excluding hydrogens is 168 g/mol. The Morgan fingerprint density at radius 1 is 1.62 bits per heavy atom. The van der Waals surface area contributed by atoms with Crippen LogP contribution < -0.4 is 0 Å². The smallest absolute Gasteiger partial charge is 0.0949 e. The Morgan fingerprint density at radius 2 is 2.31 bits per heavy atom. The number of hydrogen-bond acceptors (Lipinski definition) is 3. The molecule has 1 aromatic heterocycles. The first-order valence-corrected chi connectivity index (χ1v) is 4.24. The van der Waals surface area contributed by atoms with Gasteiger partial charge >= 0.3 is 0 Å². The predicted octanol–water partition coefficient (Wildman–Crippen LogP) is 0.800. The number of nitrogens with zero attached hydrogens (tertiary/aromatic N) is 2. The number of ether oxygens (including phenoxy) is 1. The Morgan fingerprint density at radius 3 is 2.85 bits per heavy atom. The van der Waals surface area contributed by atoms with Gasteiger partial charge in [-0.1, -0.05) is 0 Å². The second kappa shape index (κ2) is 3.89. The zero-order valence-corrected chi connectivity index (χ0v) is 8.32. The minimum absolute atomic E-state index is 0.0137. The summed E-state index contributed by atoms with van der Waals surface area (Å²) in [6, 6.07) is 0. The summed E-state index contributed by atoms with van der Waals surface area (Å²) in [5, 5.41) is 8.98. The molecule has 0 saturated heterocycles. The third-order valence-electron chi connectivity index (χ3n) is 2.06. The van der Waals surface area contributed by atoms with Crippen molar-refractivity contribution in [2.45, 2.75) is 32.6 Å². The second-order valence-electron chi connectivity index (χ2n) is 3.63. The highest BCUT2D eigenvalue weighted by Crippen LogP contribution is 2.12. The molecule has 0 aliphatic rings. The summed E-state index contributed by atoms with van der Waals surface area (Å²) in [6.45, 7) is 4.70. The number of rotatable bonds is 4. The number of aliphatic hydroxyl groups excluding tert-OH is 1. The molecule has 0 aliphatic heterocycles. The number of imidazole rings is 1. The van der Waals surface area contributed by atoms with Crippen LogP contribution in [0.1, 0.15) is 19.5 Å². The molecule has 1 N–H and O–H groups in total. The maximum atomic E-state index is 8.98. The average Bonchev–Trinajstić information content (AvgIpc) is 2.51. The first kappa shape index (κ1) is 10.2. The Bertz CT molecular complexity index is 268. The summed E-state index contributed by atoms with van der Waals surface area (Å²) in [4.78, 5) is 3.96. The van der Waals surface area contributed by atoms with Crippen LogP contribution in [0.4, 0.5) is 0 Å². The van der Waals surface area contributed by atoms with E-state index in [4.69, 9.17) is 9.84 Å². The molecule has 0 spiro atoms. The highest BCUT2D eigenvalue weighted by molar-refractivity contribution is 4.97. The van der Waals surface area contributed by atoms with Gasteiger partial charge < -0.3 is 14.4 Å². The fourth-order valence-corrected chi connectivity index (χ4v) is 1.10. The van der Waals surface area contributed by atoms with E-state index < -0.39 is 0 Å². The van der Waals surface area contributed by atoms with E-state index in [-0.39, 0.29) is 12.2 Å². The zero-order valence-electron chi connectivity index (χ0n) is 8.32. The van der Waals surface area contributed by atoms with Gasteiger partial charge in [0.1, 0.15) is 0 Å². The van der Waals surface area contributed by atoms with E-state index in [9.17, 15) is 0 Å². The minimum Gasteiger partial charge on any atom is -0.390 e. The predicted molar refractivity (Wildman–Crippen MR) is 49.2 cm³/mol. The van der Waals surface area contributed by atoms with Crippen molar-refractivity contribution in [3.8, 4) is 0 Å². The highest BCUT2D eigenvalue weighted by Gasteiger charge is 2.18. The summed E-state index contributed by atoms with van der Waals surface area (Å²) in [7, 11) is 1.68. The SMILES string of the molecule is COC(C)(C)Cn1cncc1CO. The maximum Gasteiger partial charge on any atom is 0.0949 e. The molecule has 0 unspecified atom stereocenters. The first-order chi connectivity index (χ1) is 6.09. The van der Waals surface area contributed by atoms with Crippen molar-refractivity contribution >= 4 is 0 Å². The van der Waals surface area contributed by atoms with Crippen molar-refractivity contribution in [2.75, 3.05) is 7.11 Å². The Hall–Kier alpha value is -0.870. The molecule has 0 aliphatic carbocycles. The average molecular weight is 184 g/mol. The van der Waals surface area contributed by atoms with Crippen molar-refractivity contribution in [1.82, 2.24) is 9.55 Å². The third kappa shape index (κ3) is 2.54. The highest BCUT2D eigenvalue weighted by atomic mass is 16.5. The summed E-state index contributed by atoms with van der Waals surface area (Å²) in [6.07, 6.45) is 3.36. The molecular formula is C9H16N2O2. The lowest BCUT2D eigenvalue weighted by atomic mass is 10.1. The van der Waals surface area contributed by atoms with Gasteiger partial charge in [-0.25, -0.2) is 4.98 Å². The van der Waals surface area contributed by atoms with Gasteiger partial charge in [0.15, 0.2) is 0 Å². The standard InChI is InChI=1S/C9H16N2O2/c1-9(2,13-3)6-11-7-10-4-8(11)5-12/h4,7,12H,5-6H2,1-3H3. The molecule has 0 bridgehead atoms. The topological polar surface area (TPSA) is 47.3 Å². The van der Waals surface area contributed by atoms with Crippen LogP contribution in [0.5, 0.6) is 0 Å². The van der Waals surface area contributed by atoms with Gasteiger partial charge in [-0.2, -0.15) is 0 Å². The Labute approximate surface area is 78.2 Å². The van der Waals surface area contributed by atoms with E-state index in [0.717, 1.165) is 5.69 Å². The van der Waals surface area contributed by atoms with Gasteiger partial charge in [-0.15, -0.1) is 0 Å². The van der Waals surface area contributed by atoms with Crippen LogP contribution in [0.2, 0.25) is 0 Å². The molecule has 0 amide bonds. The van der Waals surface area contributed by atoms with Crippen LogP contribution in [0.25, 0.3) is 0 Å². The van der Waals surface area contributed by atoms with Crippen LogP contribution in [0, 0.1) is 0 Å². The van der Waals surface area contributed by atoms with E-state index >= 15 is 0 Å². The van der Waals surface area contributed by atoms with E-state index in [2.05, 4.69) is 4.98 Å². The van der Waals surface area contributed by atoms with Crippen molar-refractivity contribution in [2.24, 2.45) is 0 Å². The molecule has 1 heterocycles. The minimum atomic E-state index is -0.232. The summed E-state index contributed by atoms with van der Waals surface area (Å²) >= 11 is 0. The molecule has 0 radical (unpaired) electrons. The van der Waals surface area contributed by atoms with Gasteiger partial charge in [0, 0.05) is 7.11 Å². The van der Waals surface area contributed by atoms with Crippen LogP contribution in [-0.4, -0.2) is 27.4 Å². The third-order valence-corrected chi connectivity index (χ3v) is 2.06. The van der Waals surface area contributed by atoms with Crippen LogP contribution in [-0.2, 0) is 17.9 Å². The van der Waals surface area contributed by atoms with Gasteiger partial charge in [0.2, 0.25) is 0 Å². The lowest BCUT2D eigenvalue weighted by Crippen LogP contribution is -2.29. The van der Waals surface area contributed by atoms with Crippen LogP contribution in [0.15, 0.2) is 12.5 Å². The summed E-state index contributed by atoms with van der Waals surface area (Å²) in [5.41, 5.74) is 0.579. The van der Waals surface area contributed by atoms with E-state index in [1.807, 2.05) is 18.4 Å². The first-order valence-electron chi connectivity index (χ1n) is 4.24. The molecule has 0 atom stereocenters. The van der Waals surface area contributed by atoms with Crippen molar-refractivity contribution < 1.29 is 9.84 Å². The molecule has 1 aromatic rings. The molecule has 0 saturated carbocycles. The molecule has 74 valence electrons. The number of hydrogen-bond donors (Lipinski definition) is 1. The lowest BCUT2D eigenvalue weighted by Gasteiger charge is -2.24. The van der Waals surface area contributed by atoms with E-state index in [1.165, 1.54) is 0 Å². The number of aromatic nitrogens is 2. The second-order valence-corrected chi connectivity index (χ2v) is 3.63. The van der Waals surface area contributed by atoms with Crippen LogP contribution in [0.3, 0.4) is 0 Å². The quantitative estimate of drug-likeness (QED) is 0.753. The molecule has 1 rings (SSSR count). The number of methoxy groups -OCH3 is 1. The van der Waals surface area contributed by atoms with Gasteiger partial charge in [-0.05, 0) is 13.8 Å². The fraction of sp³-hybridized carbons (Fsp3) is 0.667. The lowest BCUT2D eigenvalue weighted by molar-refractivity contribution is 0.00697. The molecule has 4 nitrogen and oxygen atoms in total. The molecule has 0 fully saturated rings. The van der Waals surface area contributed by atoms with E-state index in [0.29, 0.717) is 6.54 Å². The van der Waals surface area contributed by atoms with Gasteiger partial charge in [0.05, 0.1) is 37.0 Å². The van der Waals surface area contributed by atoms with Crippen LogP contribution >= 0.6 is 0 Å². The van der Waals surface area contributed by atoms with Crippen molar-refractivity contribution in [3.05, 3.63) is 18.2 Å². The monoisotopic (exact) mass is 184 g/mol. The van der Waals surface area contributed by atoms with Gasteiger partial charge in [-0.3, -0.25) is 0 Å². The Balaban J connectivity index is 2.73. The summed E-state index contributed by atoms with van der Waals surface area (Å²) in [5.74, 6) is 0. The maximum absolute atomic E-state index is 8.98. The zero-order chi connectivity index (χ0) is 9.90. The normalized spacial score (nSPS) is 12.0. The van der Waals surface area contributed by atoms with E-state index in [1.54, 1.807) is 19.6 Å². The van der Waals surface area contributed by atoms with Gasteiger partial charge in [0.25, 0.3) is 0 Å².